The fourth-order valence-electron chi connectivity index (χ4n) is 1.77. The molecule has 0 N–H and O–H groups in total. The van der Waals surface area contributed by atoms with E-state index < -0.39 is 0 Å². The van der Waals surface area contributed by atoms with Crippen molar-refractivity contribution in [3.05, 3.63) is 36.1 Å². The normalized spacial score (nSPS) is 18.3. The predicted molar refractivity (Wildman–Crippen MR) is 56.5 cm³/mol. The molecule has 1 aromatic rings. The Morgan fingerprint density at radius 1 is 1.27 bits per heavy atom. The fourth-order valence-corrected chi connectivity index (χ4v) is 1.77. The van der Waals surface area contributed by atoms with Gasteiger partial charge in [0.1, 0.15) is 17.2 Å². The van der Waals surface area contributed by atoms with Gasteiger partial charge in [-0.25, -0.2) is 4.99 Å². The number of benzene rings is 1. The molecule has 0 radical (unpaired) electrons. The SMILES string of the molecule is O=C1CC=C2Oc3ccccc3N=C2C1. The third kappa shape index (κ3) is 1.36. The summed E-state index contributed by atoms with van der Waals surface area (Å²) in [5, 5.41) is 0. The second-order valence-electron chi connectivity index (χ2n) is 3.62. The Bertz CT molecular complexity index is 500. The van der Waals surface area contributed by atoms with Crippen molar-refractivity contribution in [2.45, 2.75) is 12.8 Å². The molecular weight excluding hydrogens is 190 g/mol. The van der Waals surface area contributed by atoms with E-state index in [0.717, 1.165) is 22.9 Å². The Morgan fingerprint density at radius 3 is 3.07 bits per heavy atom. The van der Waals surface area contributed by atoms with Crippen molar-refractivity contribution in [1.82, 2.24) is 0 Å². The van der Waals surface area contributed by atoms with Gasteiger partial charge in [0.05, 0.1) is 12.1 Å². The van der Waals surface area contributed by atoms with Crippen molar-refractivity contribution in [3.8, 4) is 5.75 Å². The number of carbonyl (C=O) groups is 1. The molecule has 0 amide bonds. The lowest BCUT2D eigenvalue weighted by atomic mass is 10.0. The number of ether oxygens (including phenoxy) is 1. The highest BCUT2D eigenvalue weighted by atomic mass is 16.5. The van der Waals surface area contributed by atoms with E-state index in [1.165, 1.54) is 0 Å². The number of nitrogens with zero attached hydrogens (tertiary/aromatic N) is 1. The van der Waals surface area contributed by atoms with Crippen LogP contribution in [-0.4, -0.2) is 11.5 Å². The van der Waals surface area contributed by atoms with Crippen molar-refractivity contribution in [3.63, 3.8) is 0 Å². The molecule has 1 heterocycles. The number of ketones is 1. The molecule has 0 atom stereocenters. The molecule has 74 valence electrons. The van der Waals surface area contributed by atoms with Crippen LogP contribution < -0.4 is 4.74 Å². The van der Waals surface area contributed by atoms with Crippen LogP contribution in [0.5, 0.6) is 5.75 Å². The van der Waals surface area contributed by atoms with Crippen LogP contribution >= 0.6 is 0 Å². The molecule has 3 heteroatoms. The van der Waals surface area contributed by atoms with E-state index in [1.807, 2.05) is 24.3 Å². The standard InChI is InChI=1S/C12H9NO2/c14-8-5-6-12-10(7-8)13-9-3-1-2-4-11(9)15-12/h1-4,6H,5,7H2. The Labute approximate surface area is 87.1 Å². The molecule has 0 aromatic heterocycles. The minimum absolute atomic E-state index is 0.195. The summed E-state index contributed by atoms with van der Waals surface area (Å²) >= 11 is 0. The smallest absolute Gasteiger partial charge is 0.153 e. The van der Waals surface area contributed by atoms with Crippen molar-refractivity contribution in [1.29, 1.82) is 0 Å². The molecule has 3 nitrogen and oxygen atoms in total. The summed E-state index contributed by atoms with van der Waals surface area (Å²) < 4.78 is 5.66. The van der Waals surface area contributed by atoms with Gasteiger partial charge in [0.25, 0.3) is 0 Å². The molecule has 0 saturated carbocycles. The van der Waals surface area contributed by atoms with Crippen molar-refractivity contribution in [2.24, 2.45) is 4.99 Å². The molecule has 15 heavy (non-hydrogen) atoms. The van der Waals surface area contributed by atoms with Gasteiger partial charge >= 0.3 is 0 Å². The third-order valence-corrected chi connectivity index (χ3v) is 2.50. The van der Waals surface area contributed by atoms with Gasteiger partial charge in [-0.05, 0) is 18.2 Å². The van der Waals surface area contributed by atoms with E-state index >= 15 is 0 Å². The van der Waals surface area contributed by atoms with Crippen LogP contribution in [0.25, 0.3) is 0 Å². The first-order valence-corrected chi connectivity index (χ1v) is 4.89. The summed E-state index contributed by atoms with van der Waals surface area (Å²) in [7, 11) is 0. The van der Waals surface area contributed by atoms with Gasteiger partial charge in [-0.3, -0.25) is 4.79 Å². The molecule has 0 saturated heterocycles. The van der Waals surface area contributed by atoms with Crippen LogP contribution in [0.1, 0.15) is 12.8 Å². The zero-order valence-corrected chi connectivity index (χ0v) is 8.06. The van der Waals surface area contributed by atoms with E-state index in [0.29, 0.717) is 12.8 Å². The zero-order chi connectivity index (χ0) is 10.3. The number of fused-ring (bicyclic) bond motifs is 2. The topological polar surface area (TPSA) is 38.7 Å². The van der Waals surface area contributed by atoms with Gasteiger partial charge in [-0.2, -0.15) is 0 Å². The van der Waals surface area contributed by atoms with Crippen LogP contribution in [0.15, 0.2) is 41.1 Å². The Morgan fingerprint density at radius 2 is 2.13 bits per heavy atom. The van der Waals surface area contributed by atoms with Crippen LogP contribution in [0.3, 0.4) is 0 Å². The second kappa shape index (κ2) is 3.05. The molecule has 0 spiro atoms. The minimum atomic E-state index is 0.195. The number of hydrogen-bond acceptors (Lipinski definition) is 3. The lowest BCUT2D eigenvalue weighted by Gasteiger charge is -2.21. The number of rotatable bonds is 0. The minimum Gasteiger partial charge on any atom is -0.453 e. The van der Waals surface area contributed by atoms with Gasteiger partial charge in [0.15, 0.2) is 5.75 Å². The average Bonchev–Trinajstić information content (AvgIpc) is 2.26. The Kier molecular flexibility index (Phi) is 1.71. The third-order valence-electron chi connectivity index (χ3n) is 2.50. The highest BCUT2D eigenvalue weighted by Crippen LogP contribution is 2.35. The molecular formula is C12H9NO2. The van der Waals surface area contributed by atoms with Gasteiger partial charge < -0.3 is 4.74 Å². The van der Waals surface area contributed by atoms with E-state index in [9.17, 15) is 4.79 Å². The summed E-state index contributed by atoms with van der Waals surface area (Å²) in [5.74, 6) is 1.70. The maximum atomic E-state index is 11.2. The average molecular weight is 199 g/mol. The number of aliphatic imine (C=N–C) groups is 1. The summed E-state index contributed by atoms with van der Waals surface area (Å²) in [6, 6.07) is 7.59. The largest absolute Gasteiger partial charge is 0.453 e. The summed E-state index contributed by atoms with van der Waals surface area (Å²) in [6.07, 6.45) is 2.65. The molecule has 0 fully saturated rings. The number of hydrogen-bond donors (Lipinski definition) is 0. The van der Waals surface area contributed by atoms with Crippen molar-refractivity contribution >= 4 is 17.2 Å². The predicted octanol–water partition coefficient (Wildman–Crippen LogP) is 2.40. The van der Waals surface area contributed by atoms with Gasteiger partial charge in [0, 0.05) is 6.42 Å². The number of para-hydroxylation sites is 2. The highest BCUT2D eigenvalue weighted by molar-refractivity contribution is 6.14. The van der Waals surface area contributed by atoms with Gasteiger partial charge in [0.2, 0.25) is 0 Å². The van der Waals surface area contributed by atoms with Crippen molar-refractivity contribution in [2.75, 3.05) is 0 Å². The quantitative estimate of drug-likeness (QED) is 0.643. The van der Waals surface area contributed by atoms with Gasteiger partial charge in [-0.15, -0.1) is 0 Å². The molecule has 1 aliphatic heterocycles. The van der Waals surface area contributed by atoms with Crippen LogP contribution in [0.2, 0.25) is 0 Å². The number of carbonyl (C=O) groups excluding carboxylic acids is 1. The first-order chi connectivity index (χ1) is 7.33. The maximum Gasteiger partial charge on any atom is 0.153 e. The number of Topliss-reactive ketones (excluding diaryl/α,β-unsaturated/α-hetero) is 1. The van der Waals surface area contributed by atoms with E-state index in [-0.39, 0.29) is 5.78 Å². The second-order valence-corrected chi connectivity index (χ2v) is 3.62. The van der Waals surface area contributed by atoms with Crippen LogP contribution in [0, 0.1) is 0 Å². The molecule has 1 aliphatic carbocycles. The van der Waals surface area contributed by atoms with Crippen LogP contribution in [-0.2, 0) is 4.79 Å². The van der Waals surface area contributed by atoms with Gasteiger partial charge in [-0.1, -0.05) is 12.1 Å². The van der Waals surface area contributed by atoms with E-state index in [4.69, 9.17) is 4.74 Å². The lowest BCUT2D eigenvalue weighted by molar-refractivity contribution is -0.117. The summed E-state index contributed by atoms with van der Waals surface area (Å²) in [5.41, 5.74) is 1.56. The fraction of sp³-hybridized carbons (Fsp3) is 0.167. The Hall–Kier alpha value is -1.90. The molecule has 0 bridgehead atoms. The number of allylic oxidation sites excluding steroid dienone is 2. The van der Waals surface area contributed by atoms with E-state index in [2.05, 4.69) is 4.99 Å². The summed E-state index contributed by atoms with van der Waals surface area (Å²) in [6.45, 7) is 0. The maximum absolute atomic E-state index is 11.2. The van der Waals surface area contributed by atoms with E-state index in [1.54, 1.807) is 6.08 Å². The molecule has 3 rings (SSSR count). The Balaban J connectivity index is 2.11. The lowest BCUT2D eigenvalue weighted by Crippen LogP contribution is -2.21. The molecule has 0 unspecified atom stereocenters. The zero-order valence-electron chi connectivity index (χ0n) is 8.06. The first kappa shape index (κ1) is 8.41. The molecule has 1 aromatic carbocycles. The monoisotopic (exact) mass is 199 g/mol. The van der Waals surface area contributed by atoms with Crippen molar-refractivity contribution < 1.29 is 9.53 Å². The molecule has 2 aliphatic rings. The highest BCUT2D eigenvalue weighted by Gasteiger charge is 2.23. The summed E-state index contributed by atoms with van der Waals surface area (Å²) in [4.78, 5) is 15.7. The first-order valence-electron chi connectivity index (χ1n) is 4.89. The van der Waals surface area contributed by atoms with Crippen LogP contribution in [0.4, 0.5) is 5.69 Å².